The third-order valence-electron chi connectivity index (χ3n) is 5.62. The molecule has 0 saturated heterocycles. The number of pyridine rings is 1. The van der Waals surface area contributed by atoms with E-state index in [1.54, 1.807) is 13.8 Å². The van der Waals surface area contributed by atoms with Gasteiger partial charge in [-0.05, 0) is 55.8 Å². The maximum Gasteiger partial charge on any atom is 0.433 e. The van der Waals surface area contributed by atoms with Crippen LogP contribution in [0.5, 0.6) is 0 Å². The first-order valence-corrected chi connectivity index (χ1v) is 12.8. The van der Waals surface area contributed by atoms with Crippen molar-refractivity contribution in [3.05, 3.63) is 112 Å². The van der Waals surface area contributed by atoms with Crippen LogP contribution in [-0.4, -0.2) is 35.0 Å². The molecule has 0 unspecified atom stereocenters. The Morgan fingerprint density at radius 3 is 1.68 bits per heavy atom. The first kappa shape index (κ1) is 29.8. The largest absolute Gasteiger partial charge is 0.433 e. The van der Waals surface area contributed by atoms with E-state index in [0.717, 1.165) is 34.9 Å². The van der Waals surface area contributed by atoms with Crippen LogP contribution in [0.25, 0.3) is 11.4 Å². The van der Waals surface area contributed by atoms with E-state index in [1.807, 2.05) is 0 Å². The Hall–Kier alpha value is -4.14. The highest BCUT2D eigenvalue weighted by molar-refractivity contribution is 9.08. The Bertz CT molecular complexity index is 1680. The summed E-state index contributed by atoms with van der Waals surface area (Å²) >= 11 is 3.25. The van der Waals surface area contributed by atoms with Gasteiger partial charge in [0, 0.05) is 30.1 Å². The Morgan fingerprint density at radius 2 is 1.22 bits per heavy atom. The van der Waals surface area contributed by atoms with Crippen molar-refractivity contribution < 1.29 is 30.7 Å². The predicted molar refractivity (Wildman–Crippen MR) is 137 cm³/mol. The van der Waals surface area contributed by atoms with E-state index < -0.39 is 35.1 Å². The summed E-state index contributed by atoms with van der Waals surface area (Å²) in [5, 5.41) is 16.8. The molecule has 0 atom stereocenters. The smallest absolute Gasteiger partial charge is 0.252 e. The molecule has 3 aromatic heterocycles. The van der Waals surface area contributed by atoms with E-state index in [-0.39, 0.29) is 17.8 Å². The quantitative estimate of drug-likeness (QED) is 0.160. The van der Waals surface area contributed by atoms with E-state index in [2.05, 4.69) is 41.3 Å². The minimum absolute atomic E-state index is 0.0542. The molecule has 0 saturated carbocycles. The SMILES string of the molecule is Cc1nn(-c2ccc(F)cc2F)nc1CBr.Cc1nn(-c2ccc(F)cc2F)nc1Cc1ccnc(C(F)(F)F)c1. The van der Waals surface area contributed by atoms with Crippen LogP contribution in [0.3, 0.4) is 0 Å². The molecule has 0 aliphatic carbocycles. The zero-order valence-corrected chi connectivity index (χ0v) is 22.9. The molecule has 0 fully saturated rings. The summed E-state index contributed by atoms with van der Waals surface area (Å²) in [7, 11) is 0. The van der Waals surface area contributed by atoms with Gasteiger partial charge in [0.1, 0.15) is 28.7 Å². The number of aryl methyl sites for hydroxylation is 2. The average molecular weight is 642 g/mol. The molecule has 0 N–H and O–H groups in total. The molecule has 2 aromatic carbocycles. The zero-order valence-electron chi connectivity index (χ0n) is 21.3. The van der Waals surface area contributed by atoms with Gasteiger partial charge >= 0.3 is 6.18 Å². The number of hydrogen-bond acceptors (Lipinski definition) is 5. The lowest BCUT2D eigenvalue weighted by Gasteiger charge is -2.06. The molecule has 0 spiro atoms. The lowest BCUT2D eigenvalue weighted by Crippen LogP contribution is -2.08. The molecule has 0 amide bonds. The monoisotopic (exact) mass is 641 g/mol. The highest BCUT2D eigenvalue weighted by Gasteiger charge is 2.32. The van der Waals surface area contributed by atoms with Gasteiger partial charge in [0.05, 0.1) is 22.8 Å². The molecular weight excluding hydrogens is 623 g/mol. The van der Waals surface area contributed by atoms with Crippen LogP contribution in [0, 0.1) is 37.1 Å². The maximum absolute atomic E-state index is 13.8. The van der Waals surface area contributed by atoms with E-state index in [4.69, 9.17) is 0 Å². The molecular formula is C26H19BrF7N7. The molecule has 0 bridgehead atoms. The number of alkyl halides is 4. The number of halogens is 8. The molecule has 15 heteroatoms. The van der Waals surface area contributed by atoms with Crippen molar-refractivity contribution in [3.8, 4) is 11.4 Å². The van der Waals surface area contributed by atoms with Crippen LogP contribution in [0.2, 0.25) is 0 Å². The molecule has 5 rings (SSSR count). The number of nitrogens with zero attached hydrogens (tertiary/aromatic N) is 7. The van der Waals surface area contributed by atoms with Gasteiger partial charge in [0.2, 0.25) is 0 Å². The van der Waals surface area contributed by atoms with Crippen LogP contribution < -0.4 is 0 Å². The van der Waals surface area contributed by atoms with E-state index >= 15 is 0 Å². The third kappa shape index (κ3) is 7.14. The Balaban J connectivity index is 0.000000208. The summed E-state index contributed by atoms with van der Waals surface area (Å²) in [5.41, 5.74) is 1.66. The van der Waals surface area contributed by atoms with Crippen molar-refractivity contribution >= 4 is 15.9 Å². The zero-order chi connectivity index (χ0) is 29.9. The van der Waals surface area contributed by atoms with Gasteiger partial charge in [-0.3, -0.25) is 4.98 Å². The molecule has 41 heavy (non-hydrogen) atoms. The topological polar surface area (TPSA) is 74.3 Å². The lowest BCUT2D eigenvalue weighted by molar-refractivity contribution is -0.141. The Morgan fingerprint density at radius 1 is 0.707 bits per heavy atom. The van der Waals surface area contributed by atoms with Gasteiger partial charge in [-0.2, -0.15) is 33.6 Å². The molecule has 0 aliphatic heterocycles. The Kier molecular flexibility index (Phi) is 8.85. The lowest BCUT2D eigenvalue weighted by atomic mass is 10.1. The molecule has 214 valence electrons. The second-order valence-corrected chi connectivity index (χ2v) is 9.15. The molecule has 0 aliphatic rings. The van der Waals surface area contributed by atoms with Crippen LogP contribution in [0.1, 0.15) is 34.0 Å². The first-order chi connectivity index (χ1) is 19.3. The molecule has 7 nitrogen and oxygen atoms in total. The highest BCUT2D eigenvalue weighted by Crippen LogP contribution is 2.28. The van der Waals surface area contributed by atoms with Crippen LogP contribution in [0.4, 0.5) is 30.7 Å². The second-order valence-electron chi connectivity index (χ2n) is 8.59. The standard InChI is InChI=1S/C16H11F5N4.C10H8BrF2N3/c1-9-13(6-10-4-5-22-15(7-10)16(19,20)21)24-25(23-9)14-3-2-11(17)8-12(14)18;1-6-9(5-11)15-16(14-6)10-3-2-7(12)4-8(10)13/h2-5,7-8H,6H2,1H3;2-4H,5H2,1H3. The number of aromatic nitrogens is 7. The van der Waals surface area contributed by atoms with Crippen molar-refractivity contribution in [1.82, 2.24) is 35.0 Å². The van der Waals surface area contributed by atoms with Crippen molar-refractivity contribution in [1.29, 1.82) is 0 Å². The van der Waals surface area contributed by atoms with Crippen LogP contribution >= 0.6 is 15.9 Å². The van der Waals surface area contributed by atoms with Crippen molar-refractivity contribution in [3.63, 3.8) is 0 Å². The van der Waals surface area contributed by atoms with E-state index in [0.29, 0.717) is 34.0 Å². The number of hydrogen-bond donors (Lipinski definition) is 0. The maximum atomic E-state index is 13.8. The van der Waals surface area contributed by atoms with Gasteiger partial charge in [-0.1, -0.05) is 15.9 Å². The normalized spacial score (nSPS) is 11.4. The first-order valence-electron chi connectivity index (χ1n) is 11.7. The van der Waals surface area contributed by atoms with Crippen molar-refractivity contribution in [2.45, 2.75) is 31.8 Å². The van der Waals surface area contributed by atoms with Crippen LogP contribution in [-0.2, 0) is 17.9 Å². The van der Waals surface area contributed by atoms with Crippen LogP contribution in [0.15, 0.2) is 54.7 Å². The van der Waals surface area contributed by atoms with Gasteiger partial charge in [-0.15, -0.1) is 9.59 Å². The van der Waals surface area contributed by atoms with Crippen molar-refractivity contribution in [2.24, 2.45) is 0 Å². The minimum atomic E-state index is -4.54. The summed E-state index contributed by atoms with van der Waals surface area (Å²) < 4.78 is 91.1. The van der Waals surface area contributed by atoms with Gasteiger partial charge < -0.3 is 0 Å². The van der Waals surface area contributed by atoms with Gasteiger partial charge in [-0.25, -0.2) is 17.6 Å². The Labute approximate surface area is 236 Å². The van der Waals surface area contributed by atoms with Gasteiger partial charge in [0.25, 0.3) is 0 Å². The minimum Gasteiger partial charge on any atom is -0.252 e. The molecule has 3 heterocycles. The van der Waals surface area contributed by atoms with Crippen molar-refractivity contribution in [2.75, 3.05) is 0 Å². The predicted octanol–water partition coefficient (Wildman–Crippen LogP) is 6.61. The number of benzene rings is 2. The summed E-state index contributed by atoms with van der Waals surface area (Å²) in [4.78, 5) is 5.45. The average Bonchev–Trinajstić information content (AvgIpc) is 3.45. The fraction of sp³-hybridized carbons (Fsp3) is 0.192. The summed E-state index contributed by atoms with van der Waals surface area (Å²) in [6, 6.07) is 8.60. The molecule has 5 aromatic rings. The second kappa shape index (κ2) is 12.2. The van der Waals surface area contributed by atoms with E-state index in [9.17, 15) is 30.7 Å². The van der Waals surface area contributed by atoms with E-state index in [1.165, 1.54) is 29.1 Å². The molecule has 0 radical (unpaired) electrons. The summed E-state index contributed by atoms with van der Waals surface area (Å²) in [5.74, 6) is -2.88. The number of rotatable bonds is 5. The summed E-state index contributed by atoms with van der Waals surface area (Å²) in [6.45, 7) is 3.38. The van der Waals surface area contributed by atoms with Gasteiger partial charge in [0.15, 0.2) is 11.6 Å². The fourth-order valence-corrected chi connectivity index (χ4v) is 4.06. The highest BCUT2D eigenvalue weighted by atomic mass is 79.9. The fourth-order valence-electron chi connectivity index (χ4n) is 3.54. The summed E-state index contributed by atoms with van der Waals surface area (Å²) in [6.07, 6.45) is -3.41. The third-order valence-corrected chi connectivity index (χ3v) is 6.15.